The number of nitrogen functional groups attached to an aromatic ring is 1. The van der Waals surface area contributed by atoms with E-state index in [0.717, 1.165) is 18.6 Å². The van der Waals surface area contributed by atoms with Gasteiger partial charge in [-0.2, -0.15) is 4.98 Å². The van der Waals surface area contributed by atoms with E-state index in [1.807, 2.05) is 0 Å². The molecule has 7 nitrogen and oxygen atoms in total. The Bertz CT molecular complexity index is 501. The lowest BCUT2D eigenvalue weighted by atomic mass is 10.0. The number of hydrogen-bond acceptors (Lipinski definition) is 6. The highest BCUT2D eigenvalue weighted by Crippen LogP contribution is 2.25. The average molecular weight is 291 g/mol. The smallest absolute Gasteiger partial charge is 0.216 e. The van der Waals surface area contributed by atoms with E-state index in [2.05, 4.69) is 15.2 Å². The largest absolute Gasteiger partial charge is 0.368 e. The first-order valence-electron chi connectivity index (χ1n) is 5.71. The number of rotatable bonds is 4. The Morgan fingerprint density at radius 3 is 3.00 bits per heavy atom. The van der Waals surface area contributed by atoms with Gasteiger partial charge in [-0.3, -0.25) is 0 Å². The van der Waals surface area contributed by atoms with Crippen molar-refractivity contribution in [1.82, 2.24) is 19.5 Å². The van der Waals surface area contributed by atoms with Gasteiger partial charge >= 0.3 is 0 Å². The molecule has 18 heavy (non-hydrogen) atoms. The zero-order valence-electron chi connectivity index (χ0n) is 10.2. The third-order valence-corrected chi connectivity index (χ3v) is 5.23. The van der Waals surface area contributed by atoms with Gasteiger partial charge in [-0.25, -0.2) is 17.8 Å². The summed E-state index contributed by atoms with van der Waals surface area (Å²) >= 11 is 1.51. The van der Waals surface area contributed by atoms with Crippen LogP contribution in [0.5, 0.6) is 0 Å². The number of anilines is 1. The van der Waals surface area contributed by atoms with Gasteiger partial charge < -0.3 is 5.73 Å². The number of thioether (sulfide) groups is 1. The Morgan fingerprint density at radius 1 is 1.61 bits per heavy atom. The predicted octanol–water partition coefficient (Wildman–Crippen LogP) is 0.151. The lowest BCUT2D eigenvalue weighted by Gasteiger charge is -2.30. The van der Waals surface area contributed by atoms with Crippen LogP contribution in [-0.4, -0.2) is 53.0 Å². The van der Waals surface area contributed by atoms with Crippen LogP contribution in [0, 0.1) is 5.92 Å². The maximum atomic E-state index is 11.5. The van der Waals surface area contributed by atoms with Gasteiger partial charge in [0.05, 0.1) is 6.26 Å². The Balaban J connectivity index is 1.86. The van der Waals surface area contributed by atoms with Gasteiger partial charge in [-0.15, -0.1) is 5.10 Å². The molecule has 1 fully saturated rings. The van der Waals surface area contributed by atoms with Gasteiger partial charge in [0.15, 0.2) is 0 Å². The second kappa shape index (κ2) is 5.45. The minimum Gasteiger partial charge on any atom is -0.368 e. The molecule has 2 rings (SSSR count). The van der Waals surface area contributed by atoms with Crippen molar-refractivity contribution in [2.45, 2.75) is 18.0 Å². The van der Waals surface area contributed by atoms with Crippen LogP contribution >= 0.6 is 11.8 Å². The summed E-state index contributed by atoms with van der Waals surface area (Å²) in [4.78, 5) is 4.01. The summed E-state index contributed by atoms with van der Waals surface area (Å²) in [5.41, 5.74) is 5.44. The van der Waals surface area contributed by atoms with E-state index >= 15 is 0 Å². The van der Waals surface area contributed by atoms with E-state index in [9.17, 15) is 8.42 Å². The lowest BCUT2D eigenvalue weighted by Crippen LogP contribution is -2.39. The number of nitrogens with one attached hydrogen (secondary N) is 1. The molecule has 0 saturated carbocycles. The lowest BCUT2D eigenvalue weighted by molar-refractivity contribution is 0.286. The predicted molar refractivity (Wildman–Crippen MR) is 70.7 cm³/mol. The number of piperidine rings is 1. The number of H-pyrrole nitrogens is 1. The van der Waals surface area contributed by atoms with Crippen molar-refractivity contribution < 1.29 is 8.42 Å². The van der Waals surface area contributed by atoms with Crippen LogP contribution in [0.1, 0.15) is 12.8 Å². The van der Waals surface area contributed by atoms with Crippen molar-refractivity contribution in [2.24, 2.45) is 5.92 Å². The fraction of sp³-hybridized carbons (Fsp3) is 0.778. The first-order chi connectivity index (χ1) is 8.45. The van der Waals surface area contributed by atoms with Crippen molar-refractivity contribution in [3.05, 3.63) is 0 Å². The standard InChI is InChI=1S/C9H17N5O2S2/c1-18(15,16)14-4-2-3-7(5-14)6-17-9-11-8(10)12-13-9/h7H,2-6H2,1H3,(H3,10,11,12,13). The number of aromatic nitrogens is 3. The summed E-state index contributed by atoms with van der Waals surface area (Å²) in [6.45, 7) is 1.22. The molecule has 1 atom stereocenters. The van der Waals surface area contributed by atoms with E-state index in [0.29, 0.717) is 30.1 Å². The summed E-state index contributed by atoms with van der Waals surface area (Å²) in [6, 6.07) is 0. The van der Waals surface area contributed by atoms with E-state index in [1.54, 1.807) is 4.31 Å². The van der Waals surface area contributed by atoms with Crippen molar-refractivity contribution in [3.8, 4) is 0 Å². The summed E-state index contributed by atoms with van der Waals surface area (Å²) in [5, 5.41) is 7.13. The van der Waals surface area contributed by atoms with Crippen molar-refractivity contribution in [2.75, 3.05) is 30.8 Å². The molecular weight excluding hydrogens is 274 g/mol. The Hall–Kier alpha value is -0.800. The summed E-state index contributed by atoms with van der Waals surface area (Å²) in [5.74, 6) is 1.46. The van der Waals surface area contributed by atoms with Crippen LogP contribution in [0.2, 0.25) is 0 Å². The SMILES string of the molecule is CS(=O)(=O)N1CCCC(CSc2n[nH]c(N)n2)C1. The molecule has 9 heteroatoms. The molecule has 0 aromatic carbocycles. The second-order valence-electron chi connectivity index (χ2n) is 4.44. The molecule has 0 bridgehead atoms. The van der Waals surface area contributed by atoms with Crippen LogP contribution in [0.4, 0.5) is 5.95 Å². The molecule has 1 aromatic heterocycles. The third-order valence-electron chi connectivity index (χ3n) is 2.88. The number of sulfonamides is 1. The molecule has 1 aliphatic rings. The molecule has 1 unspecified atom stereocenters. The van der Waals surface area contributed by atoms with E-state index in [-0.39, 0.29) is 0 Å². The van der Waals surface area contributed by atoms with Gasteiger partial charge in [0, 0.05) is 18.8 Å². The van der Waals surface area contributed by atoms with Crippen molar-refractivity contribution in [3.63, 3.8) is 0 Å². The fourth-order valence-corrected chi connectivity index (χ4v) is 3.85. The monoisotopic (exact) mass is 291 g/mol. The molecule has 102 valence electrons. The second-order valence-corrected chi connectivity index (χ2v) is 7.41. The minimum absolute atomic E-state index is 0.305. The Kier molecular flexibility index (Phi) is 4.13. The van der Waals surface area contributed by atoms with Crippen LogP contribution in [0.15, 0.2) is 5.16 Å². The molecule has 1 saturated heterocycles. The molecule has 0 spiro atoms. The van der Waals surface area contributed by atoms with Gasteiger partial charge in [0.1, 0.15) is 0 Å². The van der Waals surface area contributed by atoms with Crippen molar-refractivity contribution >= 4 is 27.7 Å². The van der Waals surface area contributed by atoms with E-state index < -0.39 is 10.0 Å². The van der Waals surface area contributed by atoms with Crippen LogP contribution in [-0.2, 0) is 10.0 Å². The number of nitrogens with zero attached hydrogens (tertiary/aromatic N) is 3. The molecule has 0 aliphatic carbocycles. The highest BCUT2D eigenvalue weighted by Gasteiger charge is 2.26. The topological polar surface area (TPSA) is 105 Å². The average Bonchev–Trinajstić information content (AvgIpc) is 2.72. The van der Waals surface area contributed by atoms with Gasteiger partial charge in [-0.1, -0.05) is 11.8 Å². The molecule has 0 radical (unpaired) electrons. The van der Waals surface area contributed by atoms with Crippen LogP contribution in [0.25, 0.3) is 0 Å². The third kappa shape index (κ3) is 3.59. The maximum Gasteiger partial charge on any atom is 0.216 e. The Morgan fingerprint density at radius 2 is 2.39 bits per heavy atom. The van der Waals surface area contributed by atoms with Crippen LogP contribution < -0.4 is 5.73 Å². The maximum absolute atomic E-state index is 11.5. The van der Waals surface area contributed by atoms with E-state index in [4.69, 9.17) is 5.73 Å². The minimum atomic E-state index is -3.07. The van der Waals surface area contributed by atoms with Gasteiger partial charge in [-0.05, 0) is 18.8 Å². The molecule has 1 aliphatic heterocycles. The fourth-order valence-electron chi connectivity index (χ4n) is 1.98. The zero-order chi connectivity index (χ0) is 13.2. The normalized spacial score (nSPS) is 22.2. The molecule has 3 N–H and O–H groups in total. The summed E-state index contributed by atoms with van der Waals surface area (Å²) < 4.78 is 24.5. The highest BCUT2D eigenvalue weighted by molar-refractivity contribution is 7.99. The van der Waals surface area contributed by atoms with E-state index in [1.165, 1.54) is 18.0 Å². The van der Waals surface area contributed by atoms with Crippen molar-refractivity contribution in [1.29, 1.82) is 0 Å². The summed E-state index contributed by atoms with van der Waals surface area (Å²) in [7, 11) is -3.07. The first kappa shape index (κ1) is 13.6. The zero-order valence-corrected chi connectivity index (χ0v) is 11.8. The van der Waals surface area contributed by atoms with Crippen LogP contribution in [0.3, 0.4) is 0 Å². The molecule has 2 heterocycles. The van der Waals surface area contributed by atoms with Gasteiger partial charge in [0.25, 0.3) is 0 Å². The Labute approximate surface area is 111 Å². The number of hydrogen-bond donors (Lipinski definition) is 2. The quantitative estimate of drug-likeness (QED) is 0.765. The molecule has 0 amide bonds. The number of nitrogens with two attached hydrogens (primary N) is 1. The highest BCUT2D eigenvalue weighted by atomic mass is 32.2. The molecule has 1 aromatic rings. The first-order valence-corrected chi connectivity index (χ1v) is 8.54. The number of aromatic amines is 1. The van der Waals surface area contributed by atoms with Gasteiger partial charge in [0.2, 0.25) is 21.1 Å². The molecular formula is C9H17N5O2S2. The summed E-state index contributed by atoms with van der Waals surface area (Å²) in [6.07, 6.45) is 3.21.